The van der Waals surface area contributed by atoms with E-state index in [-0.39, 0.29) is 34.0 Å². The van der Waals surface area contributed by atoms with Crippen LogP contribution in [0, 0.1) is 0 Å². The van der Waals surface area contributed by atoms with E-state index in [0.29, 0.717) is 50.9 Å². The number of carboxylic acids is 1. The van der Waals surface area contributed by atoms with E-state index in [1.54, 1.807) is 14.1 Å². The number of carbonyl (C=O) groups excluding carboxylic acids is 1. The van der Waals surface area contributed by atoms with Crippen molar-refractivity contribution in [2.75, 3.05) is 77.3 Å². The third kappa shape index (κ3) is 10.5. The lowest BCUT2D eigenvalue weighted by Gasteiger charge is -2.27. The van der Waals surface area contributed by atoms with E-state index in [1.807, 2.05) is 0 Å². The van der Waals surface area contributed by atoms with Gasteiger partial charge in [0.15, 0.2) is 0 Å². The Morgan fingerprint density at radius 1 is 0.773 bits per heavy atom. The molecule has 246 valence electrons. The molecule has 3 N–H and O–H groups in total. The Hall–Kier alpha value is -2.06. The first-order chi connectivity index (χ1) is 20.7. The number of benzene rings is 2. The van der Waals surface area contributed by atoms with Crippen molar-refractivity contribution in [3.8, 4) is 0 Å². The Balaban J connectivity index is 0.000000274. The van der Waals surface area contributed by atoms with Crippen LogP contribution in [0.5, 0.6) is 0 Å². The Bertz CT molecular complexity index is 1440. The number of anilines is 2. The summed E-state index contributed by atoms with van der Waals surface area (Å²) < 4.78 is 72.4. The van der Waals surface area contributed by atoms with E-state index in [1.165, 1.54) is 45.0 Å². The number of aromatic carboxylic acids is 1. The van der Waals surface area contributed by atoms with Gasteiger partial charge in [0.25, 0.3) is 5.24 Å². The van der Waals surface area contributed by atoms with Gasteiger partial charge in [-0.2, -0.15) is 8.61 Å². The number of nitrogens with one attached hydrogen (secondary N) is 2. The largest absolute Gasteiger partial charge is 0.478 e. The van der Waals surface area contributed by atoms with E-state index < -0.39 is 40.5 Å². The lowest BCUT2D eigenvalue weighted by atomic mass is 10.2. The maximum atomic E-state index is 12.6. The highest BCUT2D eigenvalue weighted by Crippen LogP contribution is 2.28. The molecular weight excluding hydrogens is 707 g/mol. The van der Waals surface area contributed by atoms with Crippen LogP contribution >= 0.6 is 33.0 Å². The molecule has 44 heavy (non-hydrogen) atoms. The second kappa shape index (κ2) is 17.6. The molecule has 0 saturated carbocycles. The SMILES string of the molecule is CNc1ccc(C(=O)Cl)cc1S(=O)(=O)N1CCOCC1.CNc1ccc(C(=O)O)cc1S(=O)(=O)N1CCOCC1.O=S(Cl)Cl. The summed E-state index contributed by atoms with van der Waals surface area (Å²) in [6.07, 6.45) is 0. The monoisotopic (exact) mass is 736 g/mol. The molecule has 0 atom stereocenters. The Labute approximate surface area is 272 Å². The van der Waals surface area contributed by atoms with Crippen LogP contribution < -0.4 is 10.6 Å². The highest BCUT2D eigenvalue weighted by Gasteiger charge is 2.30. The van der Waals surface area contributed by atoms with Gasteiger partial charge in [0.2, 0.25) is 29.3 Å². The van der Waals surface area contributed by atoms with Crippen LogP contribution in [0.15, 0.2) is 46.2 Å². The van der Waals surface area contributed by atoms with Gasteiger partial charge in [0, 0.05) is 67.2 Å². The normalized spacial score (nSPS) is 16.1. The quantitative estimate of drug-likeness (QED) is 0.337. The lowest BCUT2D eigenvalue weighted by Crippen LogP contribution is -2.40. The molecule has 0 bridgehead atoms. The van der Waals surface area contributed by atoms with Gasteiger partial charge < -0.3 is 25.2 Å². The van der Waals surface area contributed by atoms with Crippen molar-refractivity contribution in [1.29, 1.82) is 0 Å². The first-order valence-corrected chi connectivity index (χ1v) is 18.7. The van der Waals surface area contributed by atoms with Crippen molar-refractivity contribution in [3.63, 3.8) is 0 Å². The number of hydrogen-bond donors (Lipinski definition) is 3. The maximum Gasteiger partial charge on any atom is 0.335 e. The number of ether oxygens (including phenoxy) is 2. The zero-order chi connectivity index (χ0) is 33.1. The number of morpholine rings is 2. The average Bonchev–Trinajstić information content (AvgIpc) is 3.01. The van der Waals surface area contributed by atoms with Crippen LogP contribution in [0.1, 0.15) is 20.7 Å². The highest BCUT2D eigenvalue weighted by atomic mass is 36.0. The van der Waals surface area contributed by atoms with E-state index in [4.69, 9.17) is 30.4 Å². The van der Waals surface area contributed by atoms with Crippen molar-refractivity contribution in [3.05, 3.63) is 47.5 Å². The molecule has 2 saturated heterocycles. The molecule has 0 unspecified atom stereocenters. The van der Waals surface area contributed by atoms with Crippen LogP contribution in [-0.2, 0) is 38.7 Å². The van der Waals surface area contributed by atoms with Gasteiger partial charge in [-0.05, 0) is 48.0 Å². The van der Waals surface area contributed by atoms with Gasteiger partial charge in [0.05, 0.1) is 43.4 Å². The molecule has 2 aromatic rings. The van der Waals surface area contributed by atoms with Crippen LogP contribution in [0.4, 0.5) is 11.4 Å². The fourth-order valence-electron chi connectivity index (χ4n) is 3.99. The summed E-state index contributed by atoms with van der Waals surface area (Å²) in [6, 6.07) is 8.32. The number of hydrogen-bond acceptors (Lipinski definition) is 11. The van der Waals surface area contributed by atoms with Crippen molar-refractivity contribution in [1.82, 2.24) is 8.61 Å². The second-order valence-electron chi connectivity index (χ2n) is 8.72. The molecule has 2 heterocycles. The zero-order valence-corrected chi connectivity index (χ0v) is 28.2. The summed E-state index contributed by atoms with van der Waals surface area (Å²) in [6.45, 7) is 2.53. The molecule has 4 rings (SSSR count). The van der Waals surface area contributed by atoms with Crippen LogP contribution in [0.2, 0.25) is 0 Å². The number of carbonyl (C=O) groups is 2. The van der Waals surface area contributed by atoms with E-state index in [9.17, 15) is 26.4 Å². The van der Waals surface area contributed by atoms with Gasteiger partial charge >= 0.3 is 5.97 Å². The molecule has 0 amide bonds. The summed E-state index contributed by atoms with van der Waals surface area (Å²) in [4.78, 5) is 22.2. The van der Waals surface area contributed by atoms with Crippen LogP contribution in [0.3, 0.4) is 0 Å². The van der Waals surface area contributed by atoms with Gasteiger partial charge in [-0.25, -0.2) is 25.8 Å². The minimum Gasteiger partial charge on any atom is -0.478 e. The molecule has 20 heteroatoms. The number of carboxylic acid groups (broad SMARTS) is 1. The topological polar surface area (TPSA) is 189 Å². The third-order valence-electron chi connectivity index (χ3n) is 6.15. The lowest BCUT2D eigenvalue weighted by molar-refractivity contribution is 0.0695. The molecule has 0 spiro atoms. The Kier molecular flexibility index (Phi) is 15.2. The highest BCUT2D eigenvalue weighted by molar-refractivity contribution is 8.26. The number of sulfonamides is 2. The maximum absolute atomic E-state index is 12.6. The molecule has 2 aliphatic heterocycles. The summed E-state index contributed by atoms with van der Waals surface area (Å²) in [5, 5.41) is 13.9. The third-order valence-corrected chi connectivity index (χ3v) is 10.2. The van der Waals surface area contributed by atoms with E-state index in [2.05, 4.69) is 32.0 Å². The van der Waals surface area contributed by atoms with Crippen molar-refractivity contribution in [2.24, 2.45) is 0 Å². The summed E-state index contributed by atoms with van der Waals surface area (Å²) in [5.74, 6) is -1.16. The first-order valence-electron chi connectivity index (χ1n) is 12.6. The van der Waals surface area contributed by atoms with E-state index >= 15 is 0 Å². The van der Waals surface area contributed by atoms with Gasteiger partial charge in [-0.15, -0.1) is 0 Å². The molecule has 2 aromatic carbocycles. The van der Waals surface area contributed by atoms with Crippen LogP contribution in [0.25, 0.3) is 0 Å². The van der Waals surface area contributed by atoms with Crippen molar-refractivity contribution in [2.45, 2.75) is 9.79 Å². The van der Waals surface area contributed by atoms with Gasteiger partial charge in [-0.1, -0.05) is 0 Å². The van der Waals surface area contributed by atoms with Gasteiger partial charge in [0.1, 0.15) is 9.79 Å². The minimum absolute atomic E-state index is 0.0261. The van der Waals surface area contributed by atoms with Gasteiger partial charge in [-0.3, -0.25) is 4.79 Å². The Morgan fingerprint density at radius 3 is 1.43 bits per heavy atom. The number of rotatable bonds is 8. The predicted molar refractivity (Wildman–Crippen MR) is 168 cm³/mol. The molecular formula is C24H31Cl3N4O10S3. The summed E-state index contributed by atoms with van der Waals surface area (Å²) in [5.41, 5.74) is 0.896. The minimum atomic E-state index is -3.73. The van der Waals surface area contributed by atoms with Crippen LogP contribution in [-0.4, -0.2) is 113 Å². The standard InChI is InChI=1S/C12H15ClN2O4S.C12H16N2O5S.Cl2OS/c1-14-10-3-2-9(12(13)16)8-11(10)20(17,18)15-4-6-19-7-5-15;1-13-10-3-2-9(12(15)16)8-11(10)20(17,18)14-4-6-19-7-5-14;1-4(2)3/h2-3,8,14H,4-7H2,1H3;2-3,8,13H,4-7H2,1H3,(H,15,16);. The molecule has 0 aliphatic carbocycles. The fraction of sp³-hybridized carbons (Fsp3) is 0.417. The first kappa shape index (κ1) is 38.1. The van der Waals surface area contributed by atoms with Crippen molar-refractivity contribution < 1.29 is 45.2 Å². The second-order valence-corrected chi connectivity index (χ2v) is 15.4. The number of nitrogens with zero attached hydrogens (tertiary/aromatic N) is 2. The summed E-state index contributed by atoms with van der Waals surface area (Å²) >= 11 is 5.42. The smallest absolute Gasteiger partial charge is 0.335 e. The Morgan fingerprint density at radius 2 is 1.11 bits per heavy atom. The molecule has 2 aliphatic rings. The summed E-state index contributed by atoms with van der Waals surface area (Å²) in [7, 11) is 3.16. The molecule has 0 radical (unpaired) electrons. The van der Waals surface area contributed by atoms with Crippen molar-refractivity contribution >= 4 is 84.8 Å². The average molecular weight is 738 g/mol. The molecule has 2 fully saturated rings. The number of halogens is 3. The molecule has 0 aromatic heterocycles. The molecule has 14 nitrogen and oxygen atoms in total. The predicted octanol–water partition coefficient (Wildman–Crippen LogP) is 2.62. The fourth-order valence-corrected chi connectivity index (χ4v) is 7.37. The van der Waals surface area contributed by atoms with E-state index in [0.717, 1.165) is 0 Å². The zero-order valence-electron chi connectivity index (χ0n) is 23.5.